The van der Waals surface area contributed by atoms with E-state index >= 15 is 0 Å². The third-order valence-electron chi connectivity index (χ3n) is 0.986. The topological polar surface area (TPSA) is 0 Å². The molecule has 48 valence electrons. The van der Waals surface area contributed by atoms with E-state index in [2.05, 4.69) is 21.1 Å². The Morgan fingerprint density at radius 1 is 1.00 bits per heavy atom. The van der Waals surface area contributed by atoms with E-state index in [1.54, 1.807) is 0 Å². The predicted octanol–water partition coefficient (Wildman–Crippen LogP) is -0.649. The summed E-state index contributed by atoms with van der Waals surface area (Å²) in [7, 11) is 2.36. The summed E-state index contributed by atoms with van der Waals surface area (Å²) in [6.07, 6.45) is 5.21. The van der Waals surface area contributed by atoms with E-state index in [-0.39, 0.29) is 24.0 Å². The molecule has 0 radical (unpaired) electrons. The standard InChI is InChI=1S/C6H14B.HI/c1-3-5-7-6-4-2;/h3-6H2,1-2H3;1H/q+1;/p-1. The van der Waals surface area contributed by atoms with Crippen LogP contribution in [0.15, 0.2) is 0 Å². The van der Waals surface area contributed by atoms with E-state index in [4.69, 9.17) is 0 Å². The van der Waals surface area contributed by atoms with Crippen molar-refractivity contribution in [3.63, 3.8) is 0 Å². The Balaban J connectivity index is 0. The molecule has 0 aliphatic rings. The number of halogens is 1. The van der Waals surface area contributed by atoms with Gasteiger partial charge in [-0.25, -0.2) is 0 Å². The average molecular weight is 224 g/mol. The third-order valence-corrected chi connectivity index (χ3v) is 0.986. The molecule has 0 atom stereocenters. The second-order valence-electron chi connectivity index (χ2n) is 1.87. The van der Waals surface area contributed by atoms with Crippen LogP contribution in [0.2, 0.25) is 12.6 Å². The first-order chi connectivity index (χ1) is 3.41. The van der Waals surface area contributed by atoms with Crippen LogP contribution in [-0.2, 0) is 0 Å². The summed E-state index contributed by atoms with van der Waals surface area (Å²) in [5.74, 6) is 0. The van der Waals surface area contributed by atoms with Crippen molar-refractivity contribution in [2.75, 3.05) is 0 Å². The van der Waals surface area contributed by atoms with Crippen LogP contribution in [0.1, 0.15) is 26.7 Å². The Kier molecular flexibility index (Phi) is 15.5. The predicted molar refractivity (Wildman–Crippen MR) is 35.9 cm³/mol. The first-order valence-electron chi connectivity index (χ1n) is 3.23. The number of rotatable bonds is 4. The Labute approximate surface area is 70.7 Å². The van der Waals surface area contributed by atoms with Crippen LogP contribution in [0.4, 0.5) is 0 Å². The van der Waals surface area contributed by atoms with Gasteiger partial charge in [0.25, 0.3) is 0 Å². The van der Waals surface area contributed by atoms with Gasteiger partial charge >= 0.3 is 46.6 Å². The average Bonchev–Trinajstić information content (AvgIpc) is 1.69. The molecule has 0 aromatic heterocycles. The Hall–Kier alpha value is 0.795. The second kappa shape index (κ2) is 10.7. The summed E-state index contributed by atoms with van der Waals surface area (Å²) in [4.78, 5) is 0. The van der Waals surface area contributed by atoms with E-state index in [1.807, 2.05) is 0 Å². The summed E-state index contributed by atoms with van der Waals surface area (Å²) in [6, 6.07) is 0. The molecule has 8 heavy (non-hydrogen) atoms. The van der Waals surface area contributed by atoms with E-state index in [1.165, 1.54) is 25.5 Å². The van der Waals surface area contributed by atoms with Crippen molar-refractivity contribution in [2.24, 2.45) is 0 Å². The molecule has 0 heterocycles. The molecular weight excluding hydrogens is 210 g/mol. The maximum atomic E-state index is 2.36. The maximum absolute atomic E-state index is 2.36. The van der Waals surface area contributed by atoms with Gasteiger partial charge in [0, 0.05) is 0 Å². The van der Waals surface area contributed by atoms with Gasteiger partial charge in [-0.2, -0.15) is 0 Å². The van der Waals surface area contributed by atoms with E-state index in [0.29, 0.717) is 0 Å². The van der Waals surface area contributed by atoms with Crippen molar-refractivity contribution in [1.29, 1.82) is 0 Å². The van der Waals surface area contributed by atoms with Gasteiger partial charge in [-0.05, 0) is 0 Å². The third kappa shape index (κ3) is 9.92. The molecule has 0 unspecified atom stereocenters. The zero-order valence-corrected chi connectivity index (χ0v) is 7.94. The van der Waals surface area contributed by atoms with Crippen molar-refractivity contribution in [3.05, 3.63) is 0 Å². The molecule has 0 aromatic rings. The molecule has 0 aliphatic heterocycles. The molecule has 0 rings (SSSR count). The van der Waals surface area contributed by atoms with E-state index in [9.17, 15) is 0 Å². The summed E-state index contributed by atoms with van der Waals surface area (Å²) in [5, 5.41) is 0. The normalized spacial score (nSPS) is 7.25. The summed E-state index contributed by atoms with van der Waals surface area (Å²) in [5.41, 5.74) is 0. The molecule has 0 N–H and O–H groups in total. The van der Waals surface area contributed by atoms with Crippen molar-refractivity contribution in [3.8, 4) is 0 Å². The zero-order chi connectivity index (χ0) is 5.54. The van der Waals surface area contributed by atoms with Gasteiger partial charge in [-0.15, -0.1) is 0 Å². The van der Waals surface area contributed by atoms with Crippen molar-refractivity contribution in [2.45, 2.75) is 39.3 Å². The molecule has 0 bridgehead atoms. The van der Waals surface area contributed by atoms with E-state index in [0.717, 1.165) is 0 Å². The minimum absolute atomic E-state index is 0. The fraction of sp³-hybridized carbons (Fsp3) is 1.00. The maximum Gasteiger partial charge on any atom is -1.00 e. The van der Waals surface area contributed by atoms with E-state index < -0.39 is 0 Å². The van der Waals surface area contributed by atoms with Crippen LogP contribution in [0, 0.1) is 0 Å². The fourth-order valence-corrected chi connectivity index (χ4v) is 0.553. The van der Waals surface area contributed by atoms with Crippen LogP contribution in [0.5, 0.6) is 0 Å². The first kappa shape index (κ1) is 11.6. The number of hydrogen-bond acceptors (Lipinski definition) is 0. The second-order valence-corrected chi connectivity index (χ2v) is 1.87. The molecule has 0 fully saturated rings. The monoisotopic (exact) mass is 224 g/mol. The van der Waals surface area contributed by atoms with Gasteiger partial charge in [-0.3, -0.25) is 0 Å². The Morgan fingerprint density at radius 2 is 1.38 bits per heavy atom. The van der Waals surface area contributed by atoms with Crippen molar-refractivity contribution >= 4 is 7.28 Å². The minimum atomic E-state index is 0. The van der Waals surface area contributed by atoms with Gasteiger partial charge in [0.1, 0.15) is 0 Å². The molecule has 2 heteroatoms. The molecule has 0 amide bonds. The van der Waals surface area contributed by atoms with Crippen LogP contribution < -0.4 is 24.0 Å². The molecule has 0 saturated heterocycles. The van der Waals surface area contributed by atoms with Gasteiger partial charge in [0.15, 0.2) is 0 Å². The summed E-state index contributed by atoms with van der Waals surface area (Å²) in [6.45, 7) is 4.43. The summed E-state index contributed by atoms with van der Waals surface area (Å²) >= 11 is 0. The van der Waals surface area contributed by atoms with Gasteiger partial charge in [0.2, 0.25) is 0 Å². The van der Waals surface area contributed by atoms with Crippen molar-refractivity contribution in [1.82, 2.24) is 0 Å². The Morgan fingerprint density at radius 3 is 1.62 bits per heavy atom. The van der Waals surface area contributed by atoms with Crippen molar-refractivity contribution < 1.29 is 24.0 Å². The van der Waals surface area contributed by atoms with Crippen LogP contribution in [0.3, 0.4) is 0 Å². The number of hydrogen-bond donors (Lipinski definition) is 0. The fourth-order valence-electron chi connectivity index (χ4n) is 0.553. The molecular formula is C6H14BI. The van der Waals surface area contributed by atoms with Crippen LogP contribution in [0.25, 0.3) is 0 Å². The molecule has 0 saturated carbocycles. The molecule has 0 nitrogen and oxygen atoms in total. The quantitative estimate of drug-likeness (QED) is 0.338. The smallest absolute Gasteiger partial charge is 1.00 e. The molecule has 0 spiro atoms. The van der Waals surface area contributed by atoms with Gasteiger partial charge < -0.3 is 24.0 Å². The SMILES string of the molecule is CCC[B+]CCC.[I-]. The first-order valence-corrected chi connectivity index (χ1v) is 3.23. The zero-order valence-electron chi connectivity index (χ0n) is 5.78. The molecule has 0 aromatic carbocycles. The molecule has 0 aliphatic carbocycles. The largest absolute Gasteiger partial charge is 1.00 e. The summed E-state index contributed by atoms with van der Waals surface area (Å²) < 4.78 is 0. The minimum Gasteiger partial charge on any atom is -1.00 e. The Bertz CT molecular complexity index is 27.7. The van der Waals surface area contributed by atoms with Gasteiger partial charge in [-0.1, -0.05) is 0 Å². The van der Waals surface area contributed by atoms with Crippen LogP contribution in [-0.4, -0.2) is 7.28 Å². The van der Waals surface area contributed by atoms with Crippen LogP contribution >= 0.6 is 0 Å². The van der Waals surface area contributed by atoms with Gasteiger partial charge in [0.05, 0.1) is 0 Å².